The van der Waals surface area contributed by atoms with E-state index in [1.165, 1.54) is 18.5 Å². The van der Waals surface area contributed by atoms with Crippen LogP contribution in [0.1, 0.15) is 30.9 Å². The number of ether oxygens (including phenoxy) is 3. The van der Waals surface area contributed by atoms with E-state index in [1.807, 2.05) is 25.1 Å². The van der Waals surface area contributed by atoms with E-state index in [0.29, 0.717) is 12.8 Å². The van der Waals surface area contributed by atoms with E-state index in [9.17, 15) is 13.2 Å². The van der Waals surface area contributed by atoms with Gasteiger partial charge >= 0.3 is 6.09 Å². The van der Waals surface area contributed by atoms with Crippen molar-refractivity contribution < 1.29 is 27.4 Å². The topological polar surface area (TPSA) is 85.4 Å². The molecule has 170 valence electrons. The predicted molar refractivity (Wildman–Crippen MR) is 118 cm³/mol. The van der Waals surface area contributed by atoms with Gasteiger partial charge in [-0.05, 0) is 38.3 Å². The molecule has 0 N–H and O–H groups in total. The number of para-hydroxylation sites is 1. The van der Waals surface area contributed by atoms with Gasteiger partial charge in [0, 0.05) is 31.8 Å². The molecule has 1 fully saturated rings. The van der Waals surface area contributed by atoms with Crippen LogP contribution in [0.25, 0.3) is 0 Å². The van der Waals surface area contributed by atoms with Crippen molar-refractivity contribution in [2.75, 3.05) is 38.8 Å². The Morgan fingerprint density at radius 1 is 1.26 bits per heavy atom. The molecule has 31 heavy (non-hydrogen) atoms. The molecule has 3 rings (SSSR count). The van der Waals surface area contributed by atoms with Crippen LogP contribution in [-0.4, -0.2) is 58.8 Å². The SMILES string of the molecule is C/C=C\C(OC)=C(/COC)S(=O)(=O)N1CCC(N2C(=O)OCc3cccc(C)c32)CC1. The standard InChI is InChI=1S/C22H30N2O6S/c1-5-7-19(29-4)20(15-28-3)31(26,27)23-12-10-18(11-13-23)24-21-16(2)8-6-9-17(21)14-30-22(24)25/h5-9,18H,10-15H2,1-4H3/b7-5-,20-19-. The molecule has 0 aromatic heterocycles. The summed E-state index contributed by atoms with van der Waals surface area (Å²) < 4.78 is 43.9. The molecule has 2 aliphatic heterocycles. The molecule has 0 aliphatic carbocycles. The minimum absolute atomic E-state index is 0.0825. The molecule has 1 amide bonds. The van der Waals surface area contributed by atoms with Crippen LogP contribution in [0.15, 0.2) is 41.0 Å². The number of fused-ring (bicyclic) bond motifs is 1. The van der Waals surface area contributed by atoms with Gasteiger partial charge in [-0.15, -0.1) is 0 Å². The first kappa shape index (κ1) is 23.3. The second-order valence-corrected chi connectivity index (χ2v) is 9.53. The smallest absolute Gasteiger partial charge is 0.414 e. The number of hydrogen-bond donors (Lipinski definition) is 0. The average Bonchev–Trinajstić information content (AvgIpc) is 2.76. The number of amides is 1. The fourth-order valence-electron chi connectivity index (χ4n) is 4.14. The number of nitrogens with zero attached hydrogens (tertiary/aromatic N) is 2. The Balaban J connectivity index is 1.83. The highest BCUT2D eigenvalue weighted by Gasteiger charge is 2.38. The van der Waals surface area contributed by atoms with Crippen molar-refractivity contribution >= 4 is 21.8 Å². The van der Waals surface area contributed by atoms with Crippen molar-refractivity contribution in [3.05, 3.63) is 52.1 Å². The fourth-order valence-corrected chi connectivity index (χ4v) is 5.82. The molecule has 0 bridgehead atoms. The first-order valence-corrected chi connectivity index (χ1v) is 11.7. The van der Waals surface area contributed by atoms with Crippen molar-refractivity contribution in [2.45, 2.75) is 39.3 Å². The molecule has 1 aromatic carbocycles. The molecule has 0 spiro atoms. The van der Waals surface area contributed by atoms with Crippen LogP contribution >= 0.6 is 0 Å². The summed E-state index contributed by atoms with van der Waals surface area (Å²) in [5.74, 6) is 0.260. The number of aryl methyl sites for hydroxylation is 1. The lowest BCUT2D eigenvalue weighted by Crippen LogP contribution is -2.51. The number of allylic oxidation sites excluding steroid dienone is 2. The first-order chi connectivity index (χ1) is 14.8. The lowest BCUT2D eigenvalue weighted by molar-refractivity contribution is 0.135. The molecule has 9 heteroatoms. The average molecular weight is 451 g/mol. The summed E-state index contributed by atoms with van der Waals surface area (Å²) in [5, 5.41) is 0. The highest BCUT2D eigenvalue weighted by molar-refractivity contribution is 7.93. The molecule has 1 saturated heterocycles. The van der Waals surface area contributed by atoms with E-state index in [0.717, 1.165) is 16.8 Å². The maximum Gasteiger partial charge on any atom is 0.414 e. The van der Waals surface area contributed by atoms with Crippen LogP contribution in [0.4, 0.5) is 10.5 Å². The summed E-state index contributed by atoms with van der Waals surface area (Å²) in [7, 11) is -0.889. The van der Waals surface area contributed by atoms with Gasteiger partial charge in [-0.1, -0.05) is 24.3 Å². The lowest BCUT2D eigenvalue weighted by atomic mass is 10.00. The summed E-state index contributed by atoms with van der Waals surface area (Å²) >= 11 is 0. The first-order valence-electron chi connectivity index (χ1n) is 10.3. The van der Waals surface area contributed by atoms with Crippen LogP contribution in [0.2, 0.25) is 0 Å². The predicted octanol–water partition coefficient (Wildman–Crippen LogP) is 3.33. The molecule has 1 aromatic rings. The van der Waals surface area contributed by atoms with Crippen LogP contribution < -0.4 is 4.90 Å². The highest BCUT2D eigenvalue weighted by Crippen LogP contribution is 2.35. The number of cyclic esters (lactones) is 1. The van der Waals surface area contributed by atoms with E-state index in [2.05, 4.69) is 0 Å². The Labute approximate surface area is 184 Å². The summed E-state index contributed by atoms with van der Waals surface area (Å²) in [6.07, 6.45) is 3.97. The van der Waals surface area contributed by atoms with E-state index in [-0.39, 0.29) is 49.1 Å². The third kappa shape index (κ3) is 4.63. The minimum Gasteiger partial charge on any atom is -0.496 e. The van der Waals surface area contributed by atoms with E-state index >= 15 is 0 Å². The summed E-state index contributed by atoms with van der Waals surface area (Å²) in [5.41, 5.74) is 2.86. The Bertz CT molecular complexity index is 978. The highest BCUT2D eigenvalue weighted by atomic mass is 32.2. The number of hydrogen-bond acceptors (Lipinski definition) is 6. The molecule has 2 aliphatic rings. The molecule has 0 unspecified atom stereocenters. The van der Waals surface area contributed by atoms with Gasteiger partial charge in [0.05, 0.1) is 19.4 Å². The van der Waals surface area contributed by atoms with Crippen LogP contribution in [0, 0.1) is 6.92 Å². The zero-order valence-electron chi connectivity index (χ0n) is 18.5. The fraction of sp³-hybridized carbons (Fsp3) is 0.500. The number of piperidine rings is 1. The zero-order valence-corrected chi connectivity index (χ0v) is 19.3. The number of anilines is 1. The minimum atomic E-state index is -3.78. The molecule has 2 heterocycles. The van der Waals surface area contributed by atoms with Crippen LogP contribution in [-0.2, 0) is 30.8 Å². The molecule has 0 saturated carbocycles. The second-order valence-electron chi connectivity index (χ2n) is 7.57. The number of rotatable bonds is 7. The lowest BCUT2D eigenvalue weighted by Gasteiger charge is -2.40. The maximum absolute atomic E-state index is 13.3. The third-order valence-corrected chi connectivity index (χ3v) is 7.62. The van der Waals surface area contributed by atoms with Gasteiger partial charge in [-0.25, -0.2) is 13.2 Å². The number of sulfonamides is 1. The molecule has 0 radical (unpaired) electrons. The van der Waals surface area contributed by atoms with Gasteiger partial charge in [0.15, 0.2) is 0 Å². The Morgan fingerprint density at radius 2 is 1.97 bits per heavy atom. The maximum atomic E-state index is 13.3. The van der Waals surface area contributed by atoms with Crippen molar-refractivity contribution in [3.8, 4) is 0 Å². The van der Waals surface area contributed by atoms with Crippen molar-refractivity contribution in [3.63, 3.8) is 0 Å². The molecular weight excluding hydrogens is 420 g/mol. The Morgan fingerprint density at radius 3 is 2.58 bits per heavy atom. The quantitative estimate of drug-likeness (QED) is 0.468. The summed E-state index contributed by atoms with van der Waals surface area (Å²) in [4.78, 5) is 14.4. The summed E-state index contributed by atoms with van der Waals surface area (Å²) in [6.45, 7) is 4.52. The molecular formula is C22H30N2O6S. The Kier molecular flexibility index (Phi) is 7.40. The van der Waals surface area contributed by atoms with Crippen molar-refractivity contribution in [2.24, 2.45) is 0 Å². The van der Waals surface area contributed by atoms with Gasteiger partial charge in [0.2, 0.25) is 10.0 Å². The number of methoxy groups -OCH3 is 2. The Hall–Kier alpha value is -2.36. The van der Waals surface area contributed by atoms with E-state index in [4.69, 9.17) is 14.2 Å². The van der Waals surface area contributed by atoms with Crippen LogP contribution in [0.5, 0.6) is 0 Å². The molecule has 8 nitrogen and oxygen atoms in total. The number of benzene rings is 1. The van der Waals surface area contributed by atoms with E-state index < -0.39 is 10.0 Å². The van der Waals surface area contributed by atoms with Gasteiger partial charge in [0.1, 0.15) is 17.3 Å². The van der Waals surface area contributed by atoms with E-state index in [1.54, 1.807) is 24.0 Å². The molecule has 0 atom stereocenters. The second kappa shape index (κ2) is 9.84. The normalized spacial score (nSPS) is 19.2. The van der Waals surface area contributed by atoms with Gasteiger partial charge in [-0.3, -0.25) is 4.90 Å². The number of carbonyl (C=O) groups is 1. The van der Waals surface area contributed by atoms with Gasteiger partial charge in [-0.2, -0.15) is 4.31 Å². The van der Waals surface area contributed by atoms with Gasteiger partial charge in [0.25, 0.3) is 0 Å². The van der Waals surface area contributed by atoms with Crippen molar-refractivity contribution in [1.82, 2.24) is 4.31 Å². The zero-order chi connectivity index (χ0) is 22.6. The third-order valence-electron chi connectivity index (χ3n) is 5.64. The van der Waals surface area contributed by atoms with Crippen LogP contribution in [0.3, 0.4) is 0 Å². The summed E-state index contributed by atoms with van der Waals surface area (Å²) in [6, 6.07) is 5.74. The largest absolute Gasteiger partial charge is 0.496 e. The number of carbonyl (C=O) groups excluding carboxylic acids is 1. The monoisotopic (exact) mass is 450 g/mol. The van der Waals surface area contributed by atoms with Gasteiger partial charge < -0.3 is 14.2 Å². The van der Waals surface area contributed by atoms with Crippen molar-refractivity contribution in [1.29, 1.82) is 0 Å².